The van der Waals surface area contributed by atoms with E-state index in [-0.39, 0.29) is 12.0 Å². The van der Waals surface area contributed by atoms with Crippen molar-refractivity contribution in [2.45, 2.75) is 38.3 Å². The van der Waals surface area contributed by atoms with E-state index >= 15 is 0 Å². The minimum absolute atomic E-state index is 0.0714. The summed E-state index contributed by atoms with van der Waals surface area (Å²) < 4.78 is 18.9. The molecular formula is C33H38ClN7O4. The topological polar surface area (TPSA) is 109 Å². The van der Waals surface area contributed by atoms with Gasteiger partial charge in [0.05, 0.1) is 29.9 Å². The number of H-pyrrole nitrogens is 1. The largest absolute Gasteiger partial charge is 0.485 e. The zero-order chi connectivity index (χ0) is 31.1. The summed E-state index contributed by atoms with van der Waals surface area (Å²) in [5, 5.41) is 9.64. The van der Waals surface area contributed by atoms with Crippen LogP contribution in [-0.2, 0) is 9.53 Å². The van der Waals surface area contributed by atoms with Crippen LogP contribution in [0.3, 0.4) is 0 Å². The highest BCUT2D eigenvalue weighted by Gasteiger charge is 2.30. The van der Waals surface area contributed by atoms with Crippen molar-refractivity contribution in [1.29, 1.82) is 0 Å². The maximum atomic E-state index is 12.3. The van der Waals surface area contributed by atoms with Gasteiger partial charge in [0.1, 0.15) is 24.0 Å². The van der Waals surface area contributed by atoms with Gasteiger partial charge in [-0.25, -0.2) is 0 Å². The number of nitrogens with one attached hydrogen (secondary N) is 1. The molecule has 5 heterocycles. The van der Waals surface area contributed by atoms with Gasteiger partial charge in [0.15, 0.2) is 5.75 Å². The van der Waals surface area contributed by atoms with Crippen LogP contribution in [-0.4, -0.2) is 108 Å². The van der Waals surface area contributed by atoms with Crippen LogP contribution in [0.1, 0.15) is 24.8 Å². The lowest BCUT2D eigenvalue weighted by atomic mass is 9.94. The van der Waals surface area contributed by atoms with E-state index in [1.54, 1.807) is 4.90 Å². The van der Waals surface area contributed by atoms with Crippen molar-refractivity contribution in [1.82, 2.24) is 30.0 Å². The molecule has 12 heteroatoms. The molecule has 0 aliphatic carbocycles. The van der Waals surface area contributed by atoms with Crippen LogP contribution < -0.4 is 14.4 Å². The zero-order valence-corrected chi connectivity index (χ0v) is 26.5. The zero-order valence-electron chi connectivity index (χ0n) is 25.7. The molecule has 1 amide bonds. The Bertz CT molecular complexity index is 1750. The van der Waals surface area contributed by atoms with E-state index in [1.807, 2.05) is 18.3 Å². The second kappa shape index (κ2) is 12.5. The predicted molar refractivity (Wildman–Crippen MR) is 174 cm³/mol. The maximum absolute atomic E-state index is 12.3. The fourth-order valence-corrected chi connectivity index (χ4v) is 6.97. The molecule has 0 bridgehead atoms. The second-order valence-electron chi connectivity index (χ2n) is 12.1. The molecule has 3 aliphatic heterocycles. The van der Waals surface area contributed by atoms with Crippen molar-refractivity contribution >= 4 is 45.1 Å². The van der Waals surface area contributed by atoms with Crippen molar-refractivity contribution in [2.75, 3.05) is 64.5 Å². The number of likely N-dealkylation sites (tertiary alicyclic amines) is 1. The Morgan fingerprint density at radius 3 is 2.73 bits per heavy atom. The Morgan fingerprint density at radius 1 is 1.16 bits per heavy atom. The van der Waals surface area contributed by atoms with Crippen molar-refractivity contribution in [3.8, 4) is 22.9 Å². The number of halogens is 1. The molecule has 0 saturated carbocycles. The number of aromatic amines is 1. The fourth-order valence-electron chi connectivity index (χ4n) is 6.68. The Kier molecular flexibility index (Phi) is 8.24. The summed E-state index contributed by atoms with van der Waals surface area (Å²) in [6.07, 6.45) is 6.00. The van der Waals surface area contributed by atoms with Gasteiger partial charge in [-0.15, -0.1) is 0 Å². The van der Waals surface area contributed by atoms with Crippen LogP contribution >= 0.6 is 11.6 Å². The van der Waals surface area contributed by atoms with Gasteiger partial charge in [-0.05, 0) is 57.1 Å². The number of carbonyl (C=O) groups is 1. The normalized spacial score (nSPS) is 20.8. The van der Waals surface area contributed by atoms with E-state index in [0.29, 0.717) is 80.2 Å². The maximum Gasteiger partial charge on any atom is 0.319 e. The minimum atomic E-state index is -0.155. The molecule has 2 aromatic heterocycles. The van der Waals surface area contributed by atoms with Gasteiger partial charge in [-0.2, -0.15) is 15.1 Å². The summed E-state index contributed by atoms with van der Waals surface area (Å²) in [5.74, 6) is 1.22. The number of fused-ring (bicyclic) bond motifs is 2. The average molecular weight is 632 g/mol. The van der Waals surface area contributed by atoms with Crippen molar-refractivity contribution in [2.24, 2.45) is 0 Å². The first-order valence-electron chi connectivity index (χ1n) is 15.6. The standard InChI is InChI=1S/C33H38ClN7O4/c1-4-27(42)40-11-13-41(14-12-40)32-23-16-25(34)29(28-20(2)7-8-26-24(28)17-35-38-26)31(45-22-9-15-43-19-22)30(23)36-33(37-32)44-18-21-6-5-10-39(21)3/h4,7-8,16-17,21-22H,1,5-6,9-15,18-19H2,2-3H3,(H,35,38)/t21-,22?/m0/s1. The average Bonchev–Trinajstić information content (AvgIpc) is 3.83. The molecule has 7 rings (SSSR count). The monoisotopic (exact) mass is 631 g/mol. The number of hydrogen-bond acceptors (Lipinski definition) is 9. The van der Waals surface area contributed by atoms with E-state index in [1.165, 1.54) is 6.08 Å². The summed E-state index contributed by atoms with van der Waals surface area (Å²) >= 11 is 7.25. The number of aryl methyl sites for hydroxylation is 1. The number of anilines is 1. The minimum Gasteiger partial charge on any atom is -0.485 e. The van der Waals surface area contributed by atoms with Gasteiger partial charge in [-0.1, -0.05) is 24.2 Å². The summed E-state index contributed by atoms with van der Waals surface area (Å²) in [7, 11) is 2.13. The number of amides is 1. The van der Waals surface area contributed by atoms with E-state index in [0.717, 1.165) is 58.8 Å². The van der Waals surface area contributed by atoms with Crippen molar-refractivity contribution in [3.63, 3.8) is 0 Å². The molecule has 3 saturated heterocycles. The van der Waals surface area contributed by atoms with Crippen LogP contribution in [0.5, 0.6) is 11.8 Å². The van der Waals surface area contributed by atoms with Gasteiger partial charge in [0, 0.05) is 60.5 Å². The molecular weight excluding hydrogens is 594 g/mol. The van der Waals surface area contributed by atoms with Gasteiger partial charge in [0.2, 0.25) is 5.91 Å². The number of likely N-dealkylation sites (N-methyl/N-ethyl adjacent to an activating group) is 1. The van der Waals surface area contributed by atoms with Gasteiger partial charge >= 0.3 is 6.01 Å². The Hall–Kier alpha value is -3.93. The summed E-state index contributed by atoms with van der Waals surface area (Å²) in [6, 6.07) is 6.61. The number of piperazine rings is 1. The van der Waals surface area contributed by atoms with Crippen LogP contribution in [0.4, 0.5) is 5.82 Å². The van der Waals surface area contributed by atoms with Crippen molar-refractivity contribution < 1.29 is 19.0 Å². The van der Waals surface area contributed by atoms with Gasteiger partial charge in [0.25, 0.3) is 0 Å². The summed E-state index contributed by atoms with van der Waals surface area (Å²) in [4.78, 5) is 28.6. The van der Waals surface area contributed by atoms with Crippen LogP contribution in [0.2, 0.25) is 5.02 Å². The fraction of sp³-hybridized carbons (Fsp3) is 0.455. The molecule has 1 unspecified atom stereocenters. The second-order valence-corrected chi connectivity index (χ2v) is 12.5. The lowest BCUT2D eigenvalue weighted by Crippen LogP contribution is -2.48. The third-order valence-corrected chi connectivity index (χ3v) is 9.55. The van der Waals surface area contributed by atoms with Gasteiger partial charge < -0.3 is 28.9 Å². The van der Waals surface area contributed by atoms with Crippen molar-refractivity contribution in [3.05, 3.63) is 47.6 Å². The van der Waals surface area contributed by atoms with Crippen LogP contribution in [0.15, 0.2) is 37.1 Å². The smallest absolute Gasteiger partial charge is 0.319 e. The first-order chi connectivity index (χ1) is 21.9. The number of hydrogen-bond donors (Lipinski definition) is 1. The van der Waals surface area contributed by atoms with E-state index in [4.69, 9.17) is 35.8 Å². The number of ether oxygens (including phenoxy) is 3. The summed E-state index contributed by atoms with van der Waals surface area (Å²) in [5.41, 5.74) is 4.27. The SMILES string of the molecule is C=CC(=O)N1CCN(c2nc(OC[C@@H]3CCCN3C)nc3c(OC4CCOC4)c(-c4c(C)ccc5[nH]ncc45)c(Cl)cc23)CC1. The number of aromatic nitrogens is 4. The highest BCUT2D eigenvalue weighted by Crippen LogP contribution is 2.48. The highest BCUT2D eigenvalue weighted by atomic mass is 35.5. The number of carbonyl (C=O) groups excluding carboxylic acids is 1. The Balaban J connectivity index is 1.40. The molecule has 1 N–H and O–H groups in total. The van der Waals surface area contributed by atoms with E-state index < -0.39 is 0 Å². The quantitative estimate of drug-likeness (QED) is 0.279. The Morgan fingerprint density at radius 2 is 2.00 bits per heavy atom. The molecule has 2 aromatic carbocycles. The van der Waals surface area contributed by atoms with Crippen LogP contribution in [0.25, 0.3) is 32.9 Å². The molecule has 0 radical (unpaired) electrons. The number of rotatable bonds is 8. The molecule has 4 aromatic rings. The summed E-state index contributed by atoms with van der Waals surface area (Å²) in [6.45, 7) is 10.7. The number of benzene rings is 2. The lowest BCUT2D eigenvalue weighted by Gasteiger charge is -2.35. The predicted octanol–water partition coefficient (Wildman–Crippen LogP) is 4.61. The molecule has 3 aliphatic rings. The first kappa shape index (κ1) is 29.8. The lowest BCUT2D eigenvalue weighted by molar-refractivity contribution is -0.126. The highest BCUT2D eigenvalue weighted by molar-refractivity contribution is 6.35. The molecule has 45 heavy (non-hydrogen) atoms. The number of nitrogens with zero attached hydrogens (tertiary/aromatic N) is 6. The van der Waals surface area contributed by atoms with Crippen LogP contribution in [0, 0.1) is 6.92 Å². The van der Waals surface area contributed by atoms with E-state index in [9.17, 15) is 4.79 Å². The van der Waals surface area contributed by atoms with E-state index in [2.05, 4.69) is 46.6 Å². The third-order valence-electron chi connectivity index (χ3n) is 9.25. The Labute approximate surface area is 267 Å². The third kappa shape index (κ3) is 5.69. The molecule has 11 nitrogen and oxygen atoms in total. The first-order valence-corrected chi connectivity index (χ1v) is 16.0. The molecule has 0 spiro atoms. The molecule has 2 atom stereocenters. The molecule has 236 valence electrons. The van der Waals surface area contributed by atoms with Gasteiger partial charge in [-0.3, -0.25) is 9.89 Å². The molecule has 3 fully saturated rings.